The summed E-state index contributed by atoms with van der Waals surface area (Å²) in [5.74, 6) is 0.291. The fraction of sp³-hybridized carbons (Fsp3) is 0.579. The summed E-state index contributed by atoms with van der Waals surface area (Å²) in [5.41, 5.74) is 1.07. The minimum absolute atomic E-state index is 0.183. The van der Waals surface area contributed by atoms with Crippen molar-refractivity contribution in [3.8, 4) is 0 Å². The van der Waals surface area contributed by atoms with Crippen LogP contribution in [0.25, 0.3) is 0 Å². The highest BCUT2D eigenvalue weighted by molar-refractivity contribution is 5.91. The van der Waals surface area contributed by atoms with Crippen molar-refractivity contribution in [1.82, 2.24) is 0 Å². The first-order valence-corrected chi connectivity index (χ1v) is 8.44. The summed E-state index contributed by atoms with van der Waals surface area (Å²) in [6, 6.07) is 9.88. The van der Waals surface area contributed by atoms with Crippen molar-refractivity contribution in [3.63, 3.8) is 0 Å². The van der Waals surface area contributed by atoms with E-state index in [2.05, 4.69) is 0 Å². The molecule has 0 radical (unpaired) electrons. The lowest BCUT2D eigenvalue weighted by Gasteiger charge is -2.44. The number of hydrogen-bond acceptors (Lipinski definition) is 4. The van der Waals surface area contributed by atoms with E-state index in [0.717, 1.165) is 24.8 Å². The number of fused-ring (bicyclic) bond motifs is 1. The molecule has 0 amide bonds. The molecule has 23 heavy (non-hydrogen) atoms. The molecule has 0 unspecified atom stereocenters. The maximum absolute atomic E-state index is 12.4. The highest BCUT2D eigenvalue weighted by atomic mass is 16.6. The molecule has 5 atom stereocenters. The quantitative estimate of drug-likeness (QED) is 0.757. The van der Waals surface area contributed by atoms with E-state index in [9.17, 15) is 9.59 Å². The predicted octanol–water partition coefficient (Wildman–Crippen LogP) is 3.14. The molecule has 0 aromatic heterocycles. The Labute approximate surface area is 137 Å². The number of ether oxygens (including phenoxy) is 2. The van der Waals surface area contributed by atoms with Crippen LogP contribution in [0.15, 0.2) is 30.3 Å². The van der Waals surface area contributed by atoms with Gasteiger partial charge in [0, 0.05) is 12.8 Å². The van der Waals surface area contributed by atoms with Crippen molar-refractivity contribution >= 4 is 11.8 Å². The molecule has 2 aliphatic carbocycles. The van der Waals surface area contributed by atoms with Crippen molar-refractivity contribution in [2.24, 2.45) is 17.8 Å². The zero-order valence-corrected chi connectivity index (χ0v) is 13.7. The molecule has 1 aromatic carbocycles. The molecule has 2 fully saturated rings. The maximum atomic E-state index is 12.4. The third-order valence-electron chi connectivity index (χ3n) is 5.20. The van der Waals surface area contributed by atoms with Crippen molar-refractivity contribution < 1.29 is 19.1 Å². The molecule has 4 nitrogen and oxygen atoms in total. The normalized spacial score (nSPS) is 28.6. The summed E-state index contributed by atoms with van der Waals surface area (Å²) in [6.07, 6.45) is 2.39. The lowest BCUT2D eigenvalue weighted by molar-refractivity contribution is -0.176. The minimum Gasteiger partial charge on any atom is -0.459 e. The van der Waals surface area contributed by atoms with Gasteiger partial charge >= 0.3 is 5.97 Å². The van der Waals surface area contributed by atoms with Crippen LogP contribution >= 0.6 is 0 Å². The van der Waals surface area contributed by atoms with E-state index in [0.29, 0.717) is 12.5 Å². The van der Waals surface area contributed by atoms with Crippen LogP contribution in [0.4, 0.5) is 0 Å². The Morgan fingerprint density at radius 3 is 2.70 bits per heavy atom. The summed E-state index contributed by atoms with van der Waals surface area (Å²) >= 11 is 0. The lowest BCUT2D eigenvalue weighted by atomic mass is 9.62. The third-order valence-corrected chi connectivity index (χ3v) is 5.20. The highest BCUT2D eigenvalue weighted by Gasteiger charge is 2.56. The Morgan fingerprint density at radius 1 is 1.26 bits per heavy atom. The summed E-state index contributed by atoms with van der Waals surface area (Å²) in [5, 5.41) is 0. The first kappa shape index (κ1) is 16.2. The second-order valence-electron chi connectivity index (χ2n) is 6.71. The van der Waals surface area contributed by atoms with E-state index in [4.69, 9.17) is 9.47 Å². The van der Waals surface area contributed by atoms with Gasteiger partial charge in [0.15, 0.2) is 0 Å². The van der Waals surface area contributed by atoms with E-state index in [-0.39, 0.29) is 29.7 Å². The molecule has 124 valence electrons. The molecule has 2 aliphatic rings. The van der Waals surface area contributed by atoms with Gasteiger partial charge in [-0.2, -0.15) is 0 Å². The van der Waals surface area contributed by atoms with E-state index < -0.39 is 6.10 Å². The number of carbonyl (C=O) groups is 2. The number of hydrogen-bond donors (Lipinski definition) is 0. The molecule has 2 saturated carbocycles. The molecule has 3 rings (SSSR count). The zero-order chi connectivity index (χ0) is 16.4. The van der Waals surface area contributed by atoms with Gasteiger partial charge in [-0.15, -0.1) is 0 Å². The summed E-state index contributed by atoms with van der Waals surface area (Å²) in [4.78, 5) is 23.9. The lowest BCUT2D eigenvalue weighted by Crippen LogP contribution is -2.55. The minimum atomic E-state index is -0.469. The molecule has 0 bridgehead atoms. The van der Waals surface area contributed by atoms with Crippen LogP contribution in [0.1, 0.15) is 38.7 Å². The van der Waals surface area contributed by atoms with Crippen LogP contribution in [0.5, 0.6) is 0 Å². The first-order valence-electron chi connectivity index (χ1n) is 8.44. The van der Waals surface area contributed by atoms with E-state index in [1.54, 1.807) is 0 Å². The van der Waals surface area contributed by atoms with Gasteiger partial charge in [0.25, 0.3) is 0 Å². The smallest absolute Gasteiger partial charge is 0.303 e. The van der Waals surface area contributed by atoms with E-state index in [1.807, 2.05) is 37.3 Å². The molecule has 1 aromatic rings. The molecule has 0 spiro atoms. The molecule has 0 heterocycles. The predicted molar refractivity (Wildman–Crippen MR) is 85.6 cm³/mol. The molecule has 0 aliphatic heterocycles. The second-order valence-corrected chi connectivity index (χ2v) is 6.71. The number of esters is 1. The topological polar surface area (TPSA) is 52.6 Å². The Kier molecular flexibility index (Phi) is 4.81. The van der Waals surface area contributed by atoms with Gasteiger partial charge in [-0.1, -0.05) is 36.8 Å². The van der Waals surface area contributed by atoms with Crippen LogP contribution in [-0.4, -0.2) is 24.0 Å². The van der Waals surface area contributed by atoms with Crippen LogP contribution in [-0.2, 0) is 25.7 Å². The average Bonchev–Trinajstić information content (AvgIpc) is 2.96. The first-order chi connectivity index (χ1) is 11.1. The Bertz CT molecular complexity index is 568. The molecular formula is C19H24O4. The van der Waals surface area contributed by atoms with Gasteiger partial charge < -0.3 is 9.47 Å². The number of ketones is 1. The highest BCUT2D eigenvalue weighted by Crippen LogP contribution is 2.51. The van der Waals surface area contributed by atoms with Crippen LogP contribution in [0.2, 0.25) is 0 Å². The third kappa shape index (κ3) is 3.32. The fourth-order valence-corrected chi connectivity index (χ4v) is 4.07. The van der Waals surface area contributed by atoms with Gasteiger partial charge in [-0.25, -0.2) is 0 Å². The molecule has 4 heteroatoms. The number of rotatable bonds is 6. The van der Waals surface area contributed by atoms with Gasteiger partial charge in [-0.3, -0.25) is 9.59 Å². The Balaban J connectivity index is 1.66. The van der Waals surface area contributed by atoms with Crippen LogP contribution < -0.4 is 0 Å². The second kappa shape index (κ2) is 6.83. The number of benzene rings is 1. The van der Waals surface area contributed by atoms with Crippen LogP contribution in [0, 0.1) is 17.8 Å². The zero-order valence-electron chi connectivity index (χ0n) is 13.7. The number of Topliss-reactive ketones (excluding diaryl/α,β-unsaturated/α-hetero) is 1. The molecular weight excluding hydrogens is 292 g/mol. The summed E-state index contributed by atoms with van der Waals surface area (Å²) in [6.45, 7) is 3.74. The van der Waals surface area contributed by atoms with E-state index >= 15 is 0 Å². The fourth-order valence-electron chi connectivity index (χ4n) is 4.07. The Morgan fingerprint density at radius 2 is 2.00 bits per heavy atom. The van der Waals surface area contributed by atoms with Gasteiger partial charge in [0.05, 0.1) is 18.6 Å². The maximum Gasteiger partial charge on any atom is 0.303 e. The van der Waals surface area contributed by atoms with Crippen molar-refractivity contribution in [2.75, 3.05) is 0 Å². The Hall–Kier alpha value is -1.68. The largest absolute Gasteiger partial charge is 0.459 e. The van der Waals surface area contributed by atoms with Gasteiger partial charge in [-0.05, 0) is 31.2 Å². The summed E-state index contributed by atoms with van der Waals surface area (Å²) in [7, 11) is 0. The summed E-state index contributed by atoms with van der Waals surface area (Å²) < 4.78 is 11.4. The van der Waals surface area contributed by atoms with Crippen molar-refractivity contribution in [2.45, 2.75) is 51.9 Å². The number of carbonyl (C=O) groups excluding carboxylic acids is 2. The van der Waals surface area contributed by atoms with Gasteiger partial charge in [0.1, 0.15) is 11.9 Å². The van der Waals surface area contributed by atoms with E-state index in [1.165, 1.54) is 6.92 Å². The average molecular weight is 316 g/mol. The standard InChI is InChI=1S/C19H24O4/c1-12(22-11-14-7-4-3-5-8-14)19(23-13(2)20)17-15-9-6-10-16(15)18(17)21/h3-5,7-8,12,15-17,19H,6,9-11H2,1-2H3/t12-,15+,16-,17-,19+/m0/s1. The van der Waals surface area contributed by atoms with Crippen LogP contribution in [0.3, 0.4) is 0 Å². The van der Waals surface area contributed by atoms with Crippen molar-refractivity contribution in [1.29, 1.82) is 0 Å². The monoisotopic (exact) mass is 316 g/mol. The van der Waals surface area contributed by atoms with Gasteiger partial charge in [0.2, 0.25) is 0 Å². The molecule has 0 saturated heterocycles. The molecule has 0 N–H and O–H groups in total. The van der Waals surface area contributed by atoms with Crippen molar-refractivity contribution in [3.05, 3.63) is 35.9 Å². The SMILES string of the molecule is CC(=O)O[C@@H]([C@@H]1C(=O)[C@H]2CCC[C@@H]12)[C@H](C)OCc1ccccc1.